The number of nitrogens with two attached hydrogens (primary N) is 1. The summed E-state index contributed by atoms with van der Waals surface area (Å²) < 4.78 is 46.0. The topological polar surface area (TPSA) is 147 Å². The Morgan fingerprint density at radius 1 is 1.31 bits per heavy atom. The summed E-state index contributed by atoms with van der Waals surface area (Å²) in [7, 11) is 1.45. The van der Waals surface area contributed by atoms with Crippen molar-refractivity contribution in [1.82, 2.24) is 20.5 Å². The number of likely N-dealkylation sites (tertiary alicyclic amines) is 1. The molecule has 0 aliphatic carbocycles. The number of rotatable bonds is 7. The van der Waals surface area contributed by atoms with Crippen molar-refractivity contribution in [1.29, 1.82) is 0 Å². The van der Waals surface area contributed by atoms with E-state index in [0.29, 0.717) is 29.6 Å². The maximum Gasteiger partial charge on any atom is 0.393 e. The van der Waals surface area contributed by atoms with Gasteiger partial charge in [-0.15, -0.1) is 0 Å². The van der Waals surface area contributed by atoms with E-state index in [1.165, 1.54) is 13.2 Å². The lowest BCUT2D eigenvalue weighted by Crippen LogP contribution is -2.53. The monoisotopic (exact) mass is 509 g/mol. The summed E-state index contributed by atoms with van der Waals surface area (Å²) in [4.78, 5) is 54.0. The van der Waals surface area contributed by atoms with E-state index in [-0.39, 0.29) is 18.0 Å². The van der Waals surface area contributed by atoms with Crippen molar-refractivity contribution in [2.24, 2.45) is 17.6 Å². The third-order valence-electron chi connectivity index (χ3n) is 6.74. The van der Waals surface area contributed by atoms with E-state index in [4.69, 9.17) is 10.5 Å². The maximum absolute atomic E-state index is 13.6. The fraction of sp³-hybridized carbons (Fsp3) is 0.478. The lowest BCUT2D eigenvalue weighted by molar-refractivity contribution is -0.170. The fourth-order valence-electron chi connectivity index (χ4n) is 4.79. The summed E-state index contributed by atoms with van der Waals surface area (Å²) in [5.74, 6) is -4.98. The molecule has 2 aliphatic heterocycles. The van der Waals surface area contributed by atoms with Gasteiger partial charge in [-0.2, -0.15) is 13.2 Å². The average Bonchev–Trinajstić information content (AvgIpc) is 3.55. The lowest BCUT2D eigenvalue weighted by atomic mass is 9.97. The molecule has 4 amide bonds. The first-order chi connectivity index (χ1) is 17.0. The van der Waals surface area contributed by atoms with Crippen molar-refractivity contribution in [3.63, 3.8) is 0 Å². The Bertz CT molecular complexity index is 1200. The minimum absolute atomic E-state index is 0.01000. The minimum Gasteiger partial charge on any atom is -0.496 e. The van der Waals surface area contributed by atoms with Crippen molar-refractivity contribution in [3.05, 3.63) is 30.0 Å². The summed E-state index contributed by atoms with van der Waals surface area (Å²) in [6.45, 7) is -0.310. The molecule has 4 rings (SSSR count). The highest BCUT2D eigenvalue weighted by molar-refractivity contribution is 6.02. The van der Waals surface area contributed by atoms with Crippen LogP contribution >= 0.6 is 0 Å². The number of fused-ring (bicyclic) bond motifs is 1. The van der Waals surface area contributed by atoms with Crippen molar-refractivity contribution in [2.75, 3.05) is 20.2 Å². The number of carbonyl (C=O) groups excluding carboxylic acids is 4. The van der Waals surface area contributed by atoms with Gasteiger partial charge in [0.2, 0.25) is 17.7 Å². The Morgan fingerprint density at radius 2 is 2.06 bits per heavy atom. The first kappa shape index (κ1) is 25.3. The molecular formula is C23H26F3N5O5. The molecule has 13 heteroatoms. The Morgan fingerprint density at radius 3 is 2.67 bits per heavy atom. The molecule has 5 N–H and O–H groups in total. The zero-order chi connectivity index (χ0) is 26.2. The highest BCUT2D eigenvalue weighted by Gasteiger charge is 2.51. The normalized spacial score (nSPS) is 22.9. The second-order valence-electron chi connectivity index (χ2n) is 9.03. The number of carbonyl (C=O) groups is 4. The largest absolute Gasteiger partial charge is 0.496 e. The summed E-state index contributed by atoms with van der Waals surface area (Å²) in [6, 6.07) is 3.73. The van der Waals surface area contributed by atoms with E-state index in [2.05, 4.69) is 15.6 Å². The molecule has 0 saturated carbocycles. The molecule has 4 atom stereocenters. The summed E-state index contributed by atoms with van der Waals surface area (Å²) in [6.07, 6.45) is -4.95. The zero-order valence-corrected chi connectivity index (χ0v) is 19.4. The number of hydrogen-bond acceptors (Lipinski definition) is 5. The molecular weight excluding hydrogens is 483 g/mol. The van der Waals surface area contributed by atoms with Crippen LogP contribution in [-0.2, 0) is 14.4 Å². The minimum atomic E-state index is -4.64. The van der Waals surface area contributed by atoms with Gasteiger partial charge < -0.3 is 31.0 Å². The third kappa shape index (κ3) is 4.95. The number of hydrogen-bond donors (Lipinski definition) is 4. The van der Waals surface area contributed by atoms with Crippen molar-refractivity contribution in [2.45, 2.75) is 37.5 Å². The van der Waals surface area contributed by atoms with Crippen LogP contribution in [0.1, 0.15) is 29.8 Å². The Balaban J connectivity index is 1.58. The van der Waals surface area contributed by atoms with Crippen LogP contribution in [0.4, 0.5) is 13.2 Å². The van der Waals surface area contributed by atoms with Gasteiger partial charge in [0, 0.05) is 29.9 Å². The molecule has 10 nitrogen and oxygen atoms in total. The summed E-state index contributed by atoms with van der Waals surface area (Å²) in [5.41, 5.74) is 5.92. The standard InChI is InChI=1S/C23H26F3N5O5/c1-36-18-4-2-3-14-13(18)9-16(29-14)22(35)31-10-12(23(24,25)26)8-17(31)21(34)30-15(19(27)32)7-11-5-6-28-20(11)33/h2-4,9,11-12,15,17,29H,5-8,10H2,1H3,(H2,27,32)(H,28,33)(H,30,34)/t11-,12+,15-,17?/m0/s1. The number of primary amides is 1. The Labute approximate surface area is 203 Å². The number of alkyl halides is 3. The van der Waals surface area contributed by atoms with Gasteiger partial charge in [-0.3, -0.25) is 19.2 Å². The van der Waals surface area contributed by atoms with E-state index >= 15 is 0 Å². The van der Waals surface area contributed by atoms with Crippen LogP contribution in [0.3, 0.4) is 0 Å². The molecule has 2 aliphatic rings. The van der Waals surface area contributed by atoms with Gasteiger partial charge in [-0.25, -0.2) is 0 Å². The number of ether oxygens (including phenoxy) is 1. The van der Waals surface area contributed by atoms with Crippen molar-refractivity contribution >= 4 is 34.5 Å². The smallest absolute Gasteiger partial charge is 0.393 e. The van der Waals surface area contributed by atoms with Crippen LogP contribution in [0, 0.1) is 11.8 Å². The van der Waals surface area contributed by atoms with Crippen LogP contribution in [-0.4, -0.2) is 72.0 Å². The summed E-state index contributed by atoms with van der Waals surface area (Å²) in [5, 5.41) is 5.54. The van der Waals surface area contributed by atoms with E-state index in [1.54, 1.807) is 18.2 Å². The number of benzene rings is 1. The Hall–Kier alpha value is -3.77. The number of nitrogens with zero attached hydrogens (tertiary/aromatic N) is 1. The van der Waals surface area contributed by atoms with Crippen LogP contribution in [0.2, 0.25) is 0 Å². The average molecular weight is 509 g/mol. The number of aromatic nitrogens is 1. The molecule has 0 spiro atoms. The molecule has 1 aromatic carbocycles. The van der Waals surface area contributed by atoms with E-state index in [1.807, 2.05) is 0 Å². The molecule has 1 aromatic heterocycles. The van der Waals surface area contributed by atoms with E-state index < -0.39 is 60.8 Å². The van der Waals surface area contributed by atoms with Crippen LogP contribution in [0.15, 0.2) is 24.3 Å². The molecule has 36 heavy (non-hydrogen) atoms. The van der Waals surface area contributed by atoms with Crippen LogP contribution in [0.25, 0.3) is 10.9 Å². The number of H-pyrrole nitrogens is 1. The zero-order valence-electron chi connectivity index (χ0n) is 19.4. The second kappa shape index (κ2) is 9.70. The number of nitrogens with one attached hydrogen (secondary N) is 3. The van der Waals surface area contributed by atoms with Gasteiger partial charge in [0.05, 0.1) is 13.0 Å². The molecule has 2 saturated heterocycles. The SMILES string of the molecule is COc1cccc2[nH]c(C(=O)N3C[C@H](C(F)(F)F)CC3C(=O)N[C@@H](C[C@@H]3CCNC3=O)C(N)=O)cc12. The summed E-state index contributed by atoms with van der Waals surface area (Å²) >= 11 is 0. The van der Waals surface area contributed by atoms with Gasteiger partial charge in [0.25, 0.3) is 5.91 Å². The third-order valence-corrected chi connectivity index (χ3v) is 6.74. The lowest BCUT2D eigenvalue weighted by Gasteiger charge is -2.26. The molecule has 0 radical (unpaired) electrons. The van der Waals surface area contributed by atoms with Gasteiger partial charge in [-0.1, -0.05) is 6.07 Å². The quantitative estimate of drug-likeness (QED) is 0.441. The molecule has 194 valence electrons. The van der Waals surface area contributed by atoms with E-state index in [0.717, 1.165) is 4.90 Å². The van der Waals surface area contributed by atoms with Gasteiger partial charge in [-0.05, 0) is 37.5 Å². The highest BCUT2D eigenvalue weighted by atomic mass is 19.4. The number of methoxy groups -OCH3 is 1. The number of aromatic amines is 1. The highest BCUT2D eigenvalue weighted by Crippen LogP contribution is 2.38. The predicted molar refractivity (Wildman–Crippen MR) is 121 cm³/mol. The van der Waals surface area contributed by atoms with Gasteiger partial charge in [0.1, 0.15) is 23.5 Å². The van der Waals surface area contributed by atoms with Gasteiger partial charge in [0.15, 0.2) is 0 Å². The van der Waals surface area contributed by atoms with Crippen molar-refractivity contribution in [3.8, 4) is 5.75 Å². The molecule has 2 aromatic rings. The maximum atomic E-state index is 13.6. The molecule has 3 heterocycles. The first-order valence-electron chi connectivity index (χ1n) is 11.4. The second-order valence-corrected chi connectivity index (χ2v) is 9.03. The molecule has 2 fully saturated rings. The van der Waals surface area contributed by atoms with Gasteiger partial charge >= 0.3 is 6.18 Å². The van der Waals surface area contributed by atoms with Crippen LogP contribution in [0.5, 0.6) is 5.75 Å². The first-order valence-corrected chi connectivity index (χ1v) is 11.4. The van der Waals surface area contributed by atoms with E-state index in [9.17, 15) is 32.3 Å². The van der Waals surface area contributed by atoms with Crippen molar-refractivity contribution < 1.29 is 37.1 Å². The fourth-order valence-corrected chi connectivity index (χ4v) is 4.79. The molecule has 1 unspecified atom stereocenters. The van der Waals surface area contributed by atoms with Crippen LogP contribution < -0.4 is 21.1 Å². The molecule has 0 bridgehead atoms. The number of amides is 4. The Kier molecular flexibility index (Phi) is 6.83. The predicted octanol–water partition coefficient (Wildman–Crippen LogP) is 1.07. The number of halogens is 3.